The molecular weight excluding hydrogens is 252 g/mol. The molecule has 1 aromatic carbocycles. The highest BCUT2D eigenvalue weighted by Crippen LogP contribution is 2.34. The lowest BCUT2D eigenvalue weighted by molar-refractivity contribution is -0.137. The molecule has 3 N–H and O–H groups in total. The van der Waals surface area contributed by atoms with Gasteiger partial charge in [0.15, 0.2) is 0 Å². The number of aryl methyl sites for hydroxylation is 1. The van der Waals surface area contributed by atoms with E-state index in [9.17, 15) is 4.79 Å². The summed E-state index contributed by atoms with van der Waals surface area (Å²) in [6.07, 6.45) is 4.35. The van der Waals surface area contributed by atoms with E-state index in [1.54, 1.807) is 0 Å². The lowest BCUT2D eigenvalue weighted by Gasteiger charge is -2.23. The second-order valence-electron chi connectivity index (χ2n) is 5.46. The van der Waals surface area contributed by atoms with Crippen molar-refractivity contribution in [2.75, 3.05) is 6.54 Å². The Labute approximate surface area is 118 Å². The molecular formula is C16H20N2O2. The number of hydrogen-bond donors (Lipinski definition) is 3. The van der Waals surface area contributed by atoms with E-state index < -0.39 is 5.97 Å². The average molecular weight is 272 g/mol. The van der Waals surface area contributed by atoms with Crippen LogP contribution in [0.2, 0.25) is 0 Å². The lowest BCUT2D eigenvalue weighted by Crippen LogP contribution is -2.26. The molecule has 1 atom stereocenters. The van der Waals surface area contributed by atoms with Crippen molar-refractivity contribution in [1.29, 1.82) is 0 Å². The number of carboxylic acids is 1. The van der Waals surface area contributed by atoms with Crippen molar-refractivity contribution in [1.82, 2.24) is 10.3 Å². The van der Waals surface area contributed by atoms with Crippen LogP contribution in [0.4, 0.5) is 0 Å². The molecule has 0 bridgehead atoms. The van der Waals surface area contributed by atoms with Crippen LogP contribution in [-0.2, 0) is 11.2 Å². The van der Waals surface area contributed by atoms with Crippen LogP contribution in [0.3, 0.4) is 0 Å². The zero-order chi connectivity index (χ0) is 13.9. The van der Waals surface area contributed by atoms with E-state index in [1.807, 2.05) is 0 Å². The summed E-state index contributed by atoms with van der Waals surface area (Å²) in [5.74, 6) is -0.721. The fourth-order valence-electron chi connectivity index (χ4n) is 3.13. The molecule has 1 aliphatic carbocycles. The number of H-pyrrole nitrogens is 1. The van der Waals surface area contributed by atoms with Crippen molar-refractivity contribution >= 4 is 16.9 Å². The number of para-hydroxylation sites is 1. The highest BCUT2D eigenvalue weighted by atomic mass is 16.4. The first-order valence-electron chi connectivity index (χ1n) is 7.30. The van der Waals surface area contributed by atoms with Gasteiger partial charge in [0.1, 0.15) is 0 Å². The maximum atomic E-state index is 10.5. The molecule has 0 radical (unpaired) electrons. The van der Waals surface area contributed by atoms with Crippen LogP contribution in [0, 0.1) is 0 Å². The van der Waals surface area contributed by atoms with Gasteiger partial charge in [-0.25, -0.2) is 0 Å². The molecule has 0 saturated carbocycles. The van der Waals surface area contributed by atoms with E-state index in [0.717, 1.165) is 19.4 Å². The summed E-state index contributed by atoms with van der Waals surface area (Å²) >= 11 is 0. The minimum Gasteiger partial charge on any atom is -0.481 e. The Morgan fingerprint density at radius 3 is 3.10 bits per heavy atom. The van der Waals surface area contributed by atoms with Crippen molar-refractivity contribution in [2.24, 2.45) is 0 Å². The summed E-state index contributed by atoms with van der Waals surface area (Å²) in [7, 11) is 0. The second kappa shape index (κ2) is 5.67. The van der Waals surface area contributed by atoms with Gasteiger partial charge in [-0.05, 0) is 43.9 Å². The largest absolute Gasteiger partial charge is 0.481 e. The molecule has 1 heterocycles. The van der Waals surface area contributed by atoms with Gasteiger partial charge in [-0.15, -0.1) is 0 Å². The molecule has 1 unspecified atom stereocenters. The zero-order valence-electron chi connectivity index (χ0n) is 11.5. The number of aromatic nitrogens is 1. The second-order valence-corrected chi connectivity index (χ2v) is 5.46. The van der Waals surface area contributed by atoms with E-state index in [4.69, 9.17) is 5.11 Å². The van der Waals surface area contributed by atoms with Crippen molar-refractivity contribution in [3.05, 3.63) is 35.5 Å². The van der Waals surface area contributed by atoms with Gasteiger partial charge in [-0.2, -0.15) is 0 Å². The monoisotopic (exact) mass is 272 g/mol. The van der Waals surface area contributed by atoms with Gasteiger partial charge in [0, 0.05) is 29.1 Å². The predicted molar refractivity (Wildman–Crippen MR) is 78.9 cm³/mol. The van der Waals surface area contributed by atoms with Gasteiger partial charge in [0.25, 0.3) is 0 Å². The van der Waals surface area contributed by atoms with E-state index in [0.29, 0.717) is 12.5 Å². The van der Waals surface area contributed by atoms with Crippen molar-refractivity contribution < 1.29 is 9.90 Å². The predicted octanol–water partition coefficient (Wildman–Crippen LogP) is 3.00. The topological polar surface area (TPSA) is 65.1 Å². The first-order valence-corrected chi connectivity index (χ1v) is 7.30. The average Bonchev–Trinajstić information content (AvgIpc) is 2.83. The smallest absolute Gasteiger partial charge is 0.303 e. The van der Waals surface area contributed by atoms with Gasteiger partial charge >= 0.3 is 5.97 Å². The van der Waals surface area contributed by atoms with Crippen LogP contribution in [0.5, 0.6) is 0 Å². The van der Waals surface area contributed by atoms with Crippen LogP contribution < -0.4 is 5.32 Å². The first-order chi connectivity index (χ1) is 9.75. The van der Waals surface area contributed by atoms with Crippen molar-refractivity contribution in [3.8, 4) is 0 Å². The Morgan fingerprint density at radius 2 is 2.25 bits per heavy atom. The van der Waals surface area contributed by atoms with Crippen LogP contribution in [-0.4, -0.2) is 22.6 Å². The molecule has 1 aliphatic rings. The SMILES string of the molecule is O=C(O)CCCNC1CCCc2c1[nH]c1ccccc21. The Morgan fingerprint density at radius 1 is 1.40 bits per heavy atom. The molecule has 20 heavy (non-hydrogen) atoms. The summed E-state index contributed by atoms with van der Waals surface area (Å²) in [5, 5.41) is 13.5. The fraction of sp³-hybridized carbons (Fsp3) is 0.438. The Bertz CT molecular complexity index is 618. The van der Waals surface area contributed by atoms with E-state index in [1.165, 1.54) is 28.6 Å². The number of aliphatic carboxylic acids is 1. The maximum absolute atomic E-state index is 10.5. The first kappa shape index (κ1) is 13.2. The summed E-state index contributed by atoms with van der Waals surface area (Å²) in [6.45, 7) is 0.756. The molecule has 4 nitrogen and oxygen atoms in total. The molecule has 0 amide bonds. The lowest BCUT2D eigenvalue weighted by atomic mass is 9.91. The third-order valence-corrected chi connectivity index (χ3v) is 4.07. The van der Waals surface area contributed by atoms with Crippen molar-refractivity contribution in [3.63, 3.8) is 0 Å². The Hall–Kier alpha value is -1.81. The molecule has 0 aliphatic heterocycles. The highest BCUT2D eigenvalue weighted by Gasteiger charge is 2.23. The van der Waals surface area contributed by atoms with Crippen molar-refractivity contribution in [2.45, 2.75) is 38.1 Å². The van der Waals surface area contributed by atoms with E-state index >= 15 is 0 Å². The van der Waals surface area contributed by atoms with Crippen LogP contribution >= 0.6 is 0 Å². The molecule has 106 valence electrons. The third kappa shape index (κ3) is 2.56. The fourth-order valence-corrected chi connectivity index (χ4v) is 3.13. The molecule has 4 heteroatoms. The number of carbonyl (C=O) groups is 1. The summed E-state index contributed by atoms with van der Waals surface area (Å²) in [5.41, 5.74) is 3.94. The number of aromatic amines is 1. The normalized spacial score (nSPS) is 18.1. The summed E-state index contributed by atoms with van der Waals surface area (Å²) < 4.78 is 0. The van der Waals surface area contributed by atoms with E-state index in [-0.39, 0.29) is 6.42 Å². The number of benzene rings is 1. The Kier molecular flexibility index (Phi) is 3.74. The minimum absolute atomic E-state index is 0.235. The number of nitrogens with one attached hydrogen (secondary N) is 2. The number of fused-ring (bicyclic) bond motifs is 3. The molecule has 3 rings (SSSR count). The highest BCUT2D eigenvalue weighted by molar-refractivity contribution is 5.85. The third-order valence-electron chi connectivity index (χ3n) is 4.07. The molecule has 2 aromatic rings. The standard InChI is InChI=1S/C16H20N2O2/c19-15(20)9-4-10-17-14-8-3-6-12-11-5-1-2-7-13(11)18-16(12)14/h1-2,5,7,14,17-18H,3-4,6,8-10H2,(H,19,20). The zero-order valence-corrected chi connectivity index (χ0v) is 11.5. The summed E-state index contributed by atoms with van der Waals surface area (Å²) in [4.78, 5) is 14.1. The van der Waals surface area contributed by atoms with Crippen LogP contribution in [0.25, 0.3) is 10.9 Å². The van der Waals surface area contributed by atoms with Crippen LogP contribution in [0.1, 0.15) is 43.0 Å². The van der Waals surface area contributed by atoms with Gasteiger partial charge < -0.3 is 15.4 Å². The van der Waals surface area contributed by atoms with E-state index in [2.05, 4.69) is 34.6 Å². The quantitative estimate of drug-likeness (QED) is 0.733. The molecule has 1 aromatic heterocycles. The summed E-state index contributed by atoms with van der Waals surface area (Å²) in [6, 6.07) is 8.77. The molecule has 0 saturated heterocycles. The van der Waals surface area contributed by atoms with Gasteiger partial charge in [-0.3, -0.25) is 4.79 Å². The number of rotatable bonds is 5. The molecule has 0 spiro atoms. The van der Waals surface area contributed by atoms with Gasteiger partial charge in [-0.1, -0.05) is 18.2 Å². The van der Waals surface area contributed by atoms with Gasteiger partial charge in [0.2, 0.25) is 0 Å². The number of carboxylic acid groups (broad SMARTS) is 1. The maximum Gasteiger partial charge on any atom is 0.303 e. The Balaban J connectivity index is 1.74. The minimum atomic E-state index is -0.721. The van der Waals surface area contributed by atoms with Gasteiger partial charge in [0.05, 0.1) is 0 Å². The van der Waals surface area contributed by atoms with Crippen LogP contribution in [0.15, 0.2) is 24.3 Å². The number of hydrogen-bond acceptors (Lipinski definition) is 2. The molecule has 0 fully saturated rings.